The molecule has 0 spiro atoms. The normalized spacial score (nSPS) is 10.6. The van der Waals surface area contributed by atoms with Gasteiger partial charge in [0.05, 0.1) is 18.9 Å². The molecule has 21 heavy (non-hydrogen) atoms. The van der Waals surface area contributed by atoms with Crippen LogP contribution >= 0.6 is 15.9 Å². The van der Waals surface area contributed by atoms with E-state index in [2.05, 4.69) is 26.5 Å². The van der Waals surface area contributed by atoms with Crippen LogP contribution in [0.4, 0.5) is 0 Å². The molecule has 0 aliphatic heterocycles. The SMILES string of the molecule is COc1ccc(/C=N/NC(=O)c2cc(Br)ccc2O)cc1. The van der Waals surface area contributed by atoms with Gasteiger partial charge < -0.3 is 9.84 Å². The monoisotopic (exact) mass is 348 g/mol. The second-order valence-corrected chi connectivity index (χ2v) is 5.05. The van der Waals surface area contributed by atoms with E-state index in [0.717, 1.165) is 11.3 Å². The number of phenolic OH excluding ortho intramolecular Hbond substituents is 1. The first kappa shape index (κ1) is 15.1. The number of phenols is 1. The number of hydrazone groups is 1. The molecule has 0 fully saturated rings. The van der Waals surface area contributed by atoms with Crippen molar-refractivity contribution in [1.29, 1.82) is 0 Å². The van der Waals surface area contributed by atoms with Gasteiger partial charge in [-0.3, -0.25) is 4.79 Å². The Balaban J connectivity index is 2.02. The number of ether oxygens (including phenoxy) is 1. The third kappa shape index (κ3) is 4.06. The summed E-state index contributed by atoms with van der Waals surface area (Å²) in [5.41, 5.74) is 3.33. The molecule has 0 aromatic heterocycles. The fraction of sp³-hybridized carbons (Fsp3) is 0.0667. The summed E-state index contributed by atoms with van der Waals surface area (Å²) in [4.78, 5) is 11.9. The number of hydrogen-bond acceptors (Lipinski definition) is 4. The van der Waals surface area contributed by atoms with Gasteiger partial charge in [0, 0.05) is 4.47 Å². The number of carbonyl (C=O) groups excluding carboxylic acids is 1. The van der Waals surface area contributed by atoms with Crippen LogP contribution in [0.5, 0.6) is 11.5 Å². The molecule has 108 valence electrons. The van der Waals surface area contributed by atoms with Crippen molar-refractivity contribution >= 4 is 28.1 Å². The van der Waals surface area contributed by atoms with E-state index in [9.17, 15) is 9.90 Å². The van der Waals surface area contributed by atoms with Crippen molar-refractivity contribution in [2.24, 2.45) is 5.10 Å². The lowest BCUT2D eigenvalue weighted by molar-refractivity contribution is 0.0952. The van der Waals surface area contributed by atoms with E-state index in [-0.39, 0.29) is 11.3 Å². The van der Waals surface area contributed by atoms with Crippen molar-refractivity contribution in [2.75, 3.05) is 7.11 Å². The molecule has 5 nitrogen and oxygen atoms in total. The fourth-order valence-electron chi connectivity index (χ4n) is 1.61. The molecular formula is C15H13BrN2O3. The topological polar surface area (TPSA) is 70.9 Å². The first-order valence-electron chi connectivity index (χ1n) is 6.06. The maximum atomic E-state index is 11.9. The molecule has 2 aromatic carbocycles. The van der Waals surface area contributed by atoms with Crippen LogP contribution in [0.2, 0.25) is 0 Å². The lowest BCUT2D eigenvalue weighted by atomic mass is 10.2. The Hall–Kier alpha value is -2.34. The quantitative estimate of drug-likeness (QED) is 0.659. The molecule has 1 amide bonds. The maximum absolute atomic E-state index is 11.9. The van der Waals surface area contributed by atoms with E-state index in [1.165, 1.54) is 18.3 Å². The van der Waals surface area contributed by atoms with Gasteiger partial charge in [0.1, 0.15) is 11.5 Å². The first-order chi connectivity index (χ1) is 10.1. The Kier molecular flexibility index (Phi) is 4.94. The molecule has 6 heteroatoms. The highest BCUT2D eigenvalue weighted by molar-refractivity contribution is 9.10. The number of nitrogens with one attached hydrogen (secondary N) is 1. The average Bonchev–Trinajstić information content (AvgIpc) is 2.50. The molecule has 0 atom stereocenters. The predicted octanol–water partition coefficient (Wildman–Crippen LogP) is 2.93. The molecule has 2 rings (SSSR count). The molecule has 0 radical (unpaired) electrons. The molecule has 0 aliphatic rings. The van der Waals surface area contributed by atoms with E-state index in [1.54, 1.807) is 25.3 Å². The molecular weight excluding hydrogens is 336 g/mol. The number of hydrogen-bond donors (Lipinski definition) is 2. The lowest BCUT2D eigenvalue weighted by Crippen LogP contribution is -2.17. The minimum atomic E-state index is -0.487. The van der Waals surface area contributed by atoms with Crippen LogP contribution in [0.1, 0.15) is 15.9 Å². The van der Waals surface area contributed by atoms with Crippen molar-refractivity contribution in [3.63, 3.8) is 0 Å². The highest BCUT2D eigenvalue weighted by Gasteiger charge is 2.10. The number of rotatable bonds is 4. The Morgan fingerprint density at radius 2 is 2.00 bits per heavy atom. The minimum absolute atomic E-state index is 0.102. The molecule has 0 aliphatic carbocycles. The van der Waals surface area contributed by atoms with Crippen LogP contribution in [-0.2, 0) is 0 Å². The largest absolute Gasteiger partial charge is 0.507 e. The second kappa shape index (κ2) is 6.90. The summed E-state index contributed by atoms with van der Waals surface area (Å²) < 4.78 is 5.75. The zero-order valence-electron chi connectivity index (χ0n) is 11.2. The molecule has 2 N–H and O–H groups in total. The molecule has 0 heterocycles. The summed E-state index contributed by atoms with van der Waals surface area (Å²) >= 11 is 3.24. The summed E-state index contributed by atoms with van der Waals surface area (Å²) in [7, 11) is 1.59. The predicted molar refractivity (Wildman–Crippen MR) is 83.9 cm³/mol. The average molecular weight is 349 g/mol. The first-order valence-corrected chi connectivity index (χ1v) is 6.85. The Labute approximate surface area is 130 Å². The van der Waals surface area contributed by atoms with Gasteiger partial charge >= 0.3 is 0 Å². The third-order valence-corrected chi connectivity index (χ3v) is 3.19. The number of aromatic hydroxyl groups is 1. The van der Waals surface area contributed by atoms with Crippen LogP contribution in [0, 0.1) is 0 Å². The molecule has 0 unspecified atom stereocenters. The summed E-state index contributed by atoms with van der Waals surface area (Å²) in [6.07, 6.45) is 1.51. The number of amides is 1. The summed E-state index contributed by atoms with van der Waals surface area (Å²) in [5.74, 6) is 0.157. The zero-order chi connectivity index (χ0) is 15.2. The van der Waals surface area contributed by atoms with Gasteiger partial charge in [0.2, 0.25) is 0 Å². The van der Waals surface area contributed by atoms with Gasteiger partial charge in [-0.1, -0.05) is 15.9 Å². The minimum Gasteiger partial charge on any atom is -0.507 e. The number of carbonyl (C=O) groups is 1. The van der Waals surface area contributed by atoms with E-state index in [0.29, 0.717) is 4.47 Å². The van der Waals surface area contributed by atoms with Gasteiger partial charge in [-0.25, -0.2) is 5.43 Å². The molecule has 0 saturated carbocycles. The van der Waals surface area contributed by atoms with Crippen molar-refractivity contribution in [3.8, 4) is 11.5 Å². The maximum Gasteiger partial charge on any atom is 0.275 e. The van der Waals surface area contributed by atoms with Gasteiger partial charge in [-0.2, -0.15) is 5.10 Å². The Morgan fingerprint density at radius 1 is 1.29 bits per heavy atom. The van der Waals surface area contributed by atoms with Crippen LogP contribution < -0.4 is 10.2 Å². The summed E-state index contributed by atoms with van der Waals surface area (Å²) in [5, 5.41) is 13.5. The molecule has 2 aromatic rings. The molecule has 0 bridgehead atoms. The van der Waals surface area contributed by atoms with Crippen molar-refractivity contribution in [2.45, 2.75) is 0 Å². The smallest absolute Gasteiger partial charge is 0.275 e. The van der Waals surface area contributed by atoms with Gasteiger partial charge in [-0.15, -0.1) is 0 Å². The second-order valence-electron chi connectivity index (χ2n) is 4.13. The fourth-order valence-corrected chi connectivity index (χ4v) is 1.97. The van der Waals surface area contributed by atoms with Crippen LogP contribution in [-0.4, -0.2) is 24.3 Å². The van der Waals surface area contributed by atoms with E-state index in [1.807, 2.05) is 12.1 Å². The number of benzene rings is 2. The number of halogens is 1. The molecule has 0 saturated heterocycles. The third-order valence-electron chi connectivity index (χ3n) is 2.70. The number of nitrogens with zero attached hydrogens (tertiary/aromatic N) is 1. The van der Waals surface area contributed by atoms with E-state index < -0.39 is 5.91 Å². The Bertz CT molecular complexity index is 669. The van der Waals surface area contributed by atoms with E-state index in [4.69, 9.17) is 4.74 Å². The van der Waals surface area contributed by atoms with Gasteiger partial charge in [0.15, 0.2) is 0 Å². The zero-order valence-corrected chi connectivity index (χ0v) is 12.8. The van der Waals surface area contributed by atoms with Crippen molar-refractivity contribution < 1.29 is 14.6 Å². The highest BCUT2D eigenvalue weighted by Crippen LogP contribution is 2.21. The van der Waals surface area contributed by atoms with Crippen molar-refractivity contribution in [1.82, 2.24) is 5.43 Å². The van der Waals surface area contributed by atoms with Gasteiger partial charge in [-0.05, 0) is 48.0 Å². The standard InChI is InChI=1S/C15H13BrN2O3/c1-21-12-5-2-10(3-6-12)9-17-18-15(20)13-8-11(16)4-7-14(13)19/h2-9,19H,1H3,(H,18,20)/b17-9+. The van der Waals surface area contributed by atoms with Gasteiger partial charge in [0.25, 0.3) is 5.91 Å². The Morgan fingerprint density at radius 3 is 2.67 bits per heavy atom. The van der Waals surface area contributed by atoms with Crippen LogP contribution in [0.15, 0.2) is 52.0 Å². The van der Waals surface area contributed by atoms with Crippen LogP contribution in [0.3, 0.4) is 0 Å². The van der Waals surface area contributed by atoms with Crippen LogP contribution in [0.25, 0.3) is 0 Å². The summed E-state index contributed by atoms with van der Waals surface area (Å²) in [6, 6.07) is 11.8. The van der Waals surface area contributed by atoms with Crippen molar-refractivity contribution in [3.05, 3.63) is 58.1 Å². The number of methoxy groups -OCH3 is 1. The van der Waals surface area contributed by atoms with E-state index >= 15 is 0 Å². The summed E-state index contributed by atoms with van der Waals surface area (Å²) in [6.45, 7) is 0. The highest BCUT2D eigenvalue weighted by atomic mass is 79.9. The lowest BCUT2D eigenvalue weighted by Gasteiger charge is -2.03.